The van der Waals surface area contributed by atoms with E-state index >= 15 is 0 Å². The van der Waals surface area contributed by atoms with Gasteiger partial charge < -0.3 is 20.0 Å². The van der Waals surface area contributed by atoms with Crippen LogP contribution in [0.5, 0.6) is 0 Å². The van der Waals surface area contributed by atoms with Crippen LogP contribution in [0.15, 0.2) is 23.1 Å². The van der Waals surface area contributed by atoms with Gasteiger partial charge in [-0.15, -0.1) is 10.1 Å². The van der Waals surface area contributed by atoms with Gasteiger partial charge in [0.1, 0.15) is 17.5 Å². The number of sulfonamides is 1. The number of rotatable bonds is 12. The number of benzene rings is 1. The molecule has 0 spiro atoms. The van der Waals surface area contributed by atoms with Crippen LogP contribution in [0.4, 0.5) is 0 Å². The first-order valence-corrected chi connectivity index (χ1v) is 10.5. The Kier molecular flexibility index (Phi) is 9.80. The van der Waals surface area contributed by atoms with Crippen molar-refractivity contribution in [3.63, 3.8) is 0 Å². The van der Waals surface area contributed by atoms with Crippen LogP contribution in [-0.2, 0) is 34.0 Å². The van der Waals surface area contributed by atoms with E-state index in [-0.39, 0.29) is 24.5 Å². The zero-order valence-electron chi connectivity index (χ0n) is 16.4. The van der Waals surface area contributed by atoms with Gasteiger partial charge in [0, 0.05) is 13.3 Å². The first-order valence-electron chi connectivity index (χ1n) is 8.63. The Morgan fingerprint density at radius 3 is 2.50 bits per heavy atom. The maximum atomic E-state index is 12.5. The molecule has 0 fully saturated rings. The summed E-state index contributed by atoms with van der Waals surface area (Å²) in [6.07, 6.45) is -0.373. The number of nitrogens with zero attached hydrogens (tertiary/aromatic N) is 1. The Morgan fingerprint density at radius 2 is 1.94 bits per heavy atom. The van der Waals surface area contributed by atoms with Gasteiger partial charge in [0.05, 0.1) is 17.2 Å². The summed E-state index contributed by atoms with van der Waals surface area (Å²) < 4.78 is 31.4. The van der Waals surface area contributed by atoms with E-state index < -0.39 is 62.0 Å². The van der Waals surface area contributed by atoms with Crippen LogP contribution in [-0.4, -0.2) is 61.6 Å². The van der Waals surface area contributed by atoms with E-state index in [4.69, 9.17) is 21.4 Å². The predicted molar refractivity (Wildman–Crippen MR) is 104 cm³/mol. The largest absolute Gasteiger partial charge is 0.478 e. The van der Waals surface area contributed by atoms with Crippen molar-refractivity contribution in [2.75, 3.05) is 13.2 Å². The number of aromatic carboxylic acids is 1. The molecule has 1 unspecified atom stereocenters. The van der Waals surface area contributed by atoms with E-state index in [1.807, 2.05) is 0 Å². The molecule has 0 saturated heterocycles. The number of carbonyl (C=O) groups is 4. The Bertz CT molecular complexity index is 1010. The topological polar surface area (TPSA) is 208 Å². The highest BCUT2D eigenvalue weighted by molar-refractivity contribution is 7.90. The third-order valence-electron chi connectivity index (χ3n) is 3.53. The summed E-state index contributed by atoms with van der Waals surface area (Å²) in [5, 5.41) is 19.7. The molecule has 14 nitrogen and oxygen atoms in total. The fraction of sp³-hybridized carbons (Fsp3) is 0.375. The zero-order chi connectivity index (χ0) is 24.5. The predicted octanol–water partition coefficient (Wildman–Crippen LogP) is -0.120. The van der Waals surface area contributed by atoms with Gasteiger partial charge >= 0.3 is 11.9 Å². The minimum atomic E-state index is -4.66. The third-order valence-corrected chi connectivity index (χ3v) is 5.36. The van der Waals surface area contributed by atoms with Crippen molar-refractivity contribution in [2.24, 2.45) is 0 Å². The molecular formula is C16H18ClN3O11S. The summed E-state index contributed by atoms with van der Waals surface area (Å²) in [5.41, 5.74) is -0.407. The minimum Gasteiger partial charge on any atom is -0.478 e. The molecule has 2 amide bonds. The molecular weight excluding hydrogens is 478 g/mol. The van der Waals surface area contributed by atoms with Gasteiger partial charge in [-0.25, -0.2) is 17.9 Å². The number of esters is 1. The van der Waals surface area contributed by atoms with Crippen molar-refractivity contribution >= 4 is 45.4 Å². The molecule has 3 N–H and O–H groups in total. The normalized spacial score (nSPS) is 11.7. The summed E-state index contributed by atoms with van der Waals surface area (Å²) in [7, 11) is -4.66. The summed E-state index contributed by atoms with van der Waals surface area (Å²) in [4.78, 5) is 59.8. The van der Waals surface area contributed by atoms with E-state index in [2.05, 4.69) is 10.2 Å². The fourth-order valence-corrected chi connectivity index (χ4v) is 3.68. The fourth-order valence-electron chi connectivity index (χ4n) is 2.13. The minimum absolute atomic E-state index is 0.0659. The van der Waals surface area contributed by atoms with Gasteiger partial charge in [-0.2, -0.15) is 0 Å². The second-order valence-corrected chi connectivity index (χ2v) is 8.07. The molecule has 0 aromatic heterocycles. The van der Waals surface area contributed by atoms with Crippen molar-refractivity contribution in [2.45, 2.75) is 30.7 Å². The Balaban J connectivity index is 2.86. The van der Waals surface area contributed by atoms with Crippen molar-refractivity contribution in [1.29, 1.82) is 0 Å². The summed E-state index contributed by atoms with van der Waals surface area (Å²) in [5.74, 6) is -4.36. The van der Waals surface area contributed by atoms with Crippen LogP contribution in [0, 0.1) is 10.1 Å². The molecule has 1 rings (SSSR count). The molecule has 0 aliphatic heterocycles. The van der Waals surface area contributed by atoms with Crippen LogP contribution >= 0.6 is 11.6 Å². The molecule has 0 heterocycles. The van der Waals surface area contributed by atoms with Gasteiger partial charge in [0.25, 0.3) is 21.0 Å². The summed E-state index contributed by atoms with van der Waals surface area (Å²) >= 11 is 5.80. The molecule has 0 bridgehead atoms. The number of nitrogens with one attached hydrogen (secondary N) is 2. The lowest BCUT2D eigenvalue weighted by atomic mass is 10.2. The average Bonchev–Trinajstić information content (AvgIpc) is 2.67. The Hall–Kier alpha value is -3.46. The van der Waals surface area contributed by atoms with E-state index in [0.29, 0.717) is 0 Å². The van der Waals surface area contributed by atoms with Gasteiger partial charge in [-0.05, 0) is 24.6 Å². The van der Waals surface area contributed by atoms with E-state index in [0.717, 1.165) is 25.1 Å². The number of carboxylic acid groups (broad SMARTS) is 1. The Labute approximate surface area is 186 Å². The van der Waals surface area contributed by atoms with E-state index in [1.165, 1.54) is 0 Å². The lowest BCUT2D eigenvalue weighted by Crippen LogP contribution is -2.50. The lowest BCUT2D eigenvalue weighted by Gasteiger charge is -2.18. The number of halogens is 1. The number of ether oxygens (including phenoxy) is 1. The molecule has 1 aromatic carbocycles. The zero-order valence-corrected chi connectivity index (χ0v) is 18.0. The molecule has 0 saturated carbocycles. The quantitative estimate of drug-likeness (QED) is 0.150. The smallest absolute Gasteiger partial charge is 0.335 e. The lowest BCUT2D eigenvalue weighted by molar-refractivity contribution is -0.757. The van der Waals surface area contributed by atoms with Crippen molar-refractivity contribution < 1.29 is 47.4 Å². The van der Waals surface area contributed by atoms with Crippen LogP contribution in [0.3, 0.4) is 0 Å². The maximum absolute atomic E-state index is 12.5. The number of carbonyl (C=O) groups excluding carboxylic acids is 3. The van der Waals surface area contributed by atoms with Gasteiger partial charge in [0.15, 0.2) is 0 Å². The molecule has 176 valence electrons. The van der Waals surface area contributed by atoms with Gasteiger partial charge in [0.2, 0.25) is 5.91 Å². The Morgan fingerprint density at radius 1 is 1.28 bits per heavy atom. The van der Waals surface area contributed by atoms with Gasteiger partial charge in [-0.3, -0.25) is 14.4 Å². The molecule has 0 aliphatic carbocycles. The van der Waals surface area contributed by atoms with Gasteiger partial charge in [-0.1, -0.05) is 11.6 Å². The molecule has 32 heavy (non-hydrogen) atoms. The van der Waals surface area contributed by atoms with Crippen LogP contribution < -0.4 is 10.0 Å². The van der Waals surface area contributed by atoms with Crippen molar-refractivity contribution in [3.05, 3.63) is 38.9 Å². The SMILES string of the molecule is CC(=O)NC(COC(=O)CCCO[N+](=O)[O-])C(=O)NS(=O)(=O)c1cc(C(=O)O)ccc1Cl. The van der Waals surface area contributed by atoms with Crippen molar-refractivity contribution in [3.8, 4) is 0 Å². The summed E-state index contributed by atoms with van der Waals surface area (Å²) in [6, 6.07) is 1.19. The molecule has 16 heteroatoms. The number of amides is 2. The van der Waals surface area contributed by atoms with E-state index in [1.54, 1.807) is 4.72 Å². The standard InChI is InChI=1S/C16H18ClN3O11S/c1-9(21)18-12(8-30-14(22)3-2-6-31-20(26)27)15(23)19-32(28,29)13-7-10(16(24)25)4-5-11(13)17/h4-5,7,12H,2-3,6,8H2,1H3,(H,18,21)(H,19,23)(H,24,25). The van der Waals surface area contributed by atoms with Crippen LogP contribution in [0.25, 0.3) is 0 Å². The van der Waals surface area contributed by atoms with Crippen LogP contribution in [0.1, 0.15) is 30.1 Å². The third kappa shape index (κ3) is 8.73. The molecule has 0 radical (unpaired) electrons. The maximum Gasteiger partial charge on any atom is 0.335 e. The highest BCUT2D eigenvalue weighted by Crippen LogP contribution is 2.22. The van der Waals surface area contributed by atoms with Crippen LogP contribution in [0.2, 0.25) is 5.02 Å². The second-order valence-electron chi connectivity index (χ2n) is 6.02. The van der Waals surface area contributed by atoms with E-state index in [9.17, 15) is 37.7 Å². The number of carboxylic acids is 1. The first kappa shape index (κ1) is 26.6. The highest BCUT2D eigenvalue weighted by atomic mass is 35.5. The monoisotopic (exact) mass is 495 g/mol. The first-order chi connectivity index (χ1) is 14.8. The molecule has 1 atom stereocenters. The number of hydrogen-bond donors (Lipinski definition) is 3. The second kappa shape index (κ2) is 11.8. The summed E-state index contributed by atoms with van der Waals surface area (Å²) in [6.45, 7) is -0.0936. The molecule has 0 aliphatic rings. The highest BCUT2D eigenvalue weighted by Gasteiger charge is 2.28. The average molecular weight is 496 g/mol. The van der Waals surface area contributed by atoms with Crippen molar-refractivity contribution in [1.82, 2.24) is 10.0 Å². The number of hydrogen-bond acceptors (Lipinski definition) is 10. The molecule has 1 aromatic rings.